The minimum atomic E-state index is 0.841. The van der Waals surface area contributed by atoms with E-state index in [0.717, 1.165) is 23.7 Å². The van der Waals surface area contributed by atoms with Crippen molar-refractivity contribution >= 4 is 43.6 Å². The fourth-order valence-electron chi connectivity index (χ4n) is 1.90. The molecule has 0 aliphatic carbocycles. The molecule has 3 aromatic heterocycles. The van der Waals surface area contributed by atoms with Gasteiger partial charge in [0.25, 0.3) is 0 Å². The van der Waals surface area contributed by atoms with Gasteiger partial charge in [0.15, 0.2) is 4.96 Å². The molecule has 0 atom stereocenters. The van der Waals surface area contributed by atoms with E-state index in [1.54, 1.807) is 22.7 Å². The fraction of sp³-hybridized carbons (Fsp3) is 0.250. The summed E-state index contributed by atoms with van der Waals surface area (Å²) >= 11 is 6.99. The van der Waals surface area contributed by atoms with Gasteiger partial charge >= 0.3 is 0 Å². The topological polar surface area (TPSA) is 29.3 Å². The highest BCUT2D eigenvalue weighted by atomic mass is 79.9. The van der Waals surface area contributed by atoms with Crippen LogP contribution in [0.25, 0.3) is 4.96 Å². The second-order valence-electron chi connectivity index (χ2n) is 3.99. The average molecular weight is 342 g/mol. The maximum Gasteiger partial charge on any atom is 0.194 e. The number of fused-ring (bicyclic) bond motifs is 1. The number of hydrogen-bond acceptors (Lipinski definition) is 4. The van der Waals surface area contributed by atoms with Gasteiger partial charge in [-0.15, -0.1) is 22.7 Å². The van der Waals surface area contributed by atoms with Crippen molar-refractivity contribution in [3.63, 3.8) is 0 Å². The van der Waals surface area contributed by atoms with E-state index in [1.807, 2.05) is 0 Å². The summed E-state index contributed by atoms with van der Waals surface area (Å²) in [5, 5.41) is 7.65. The van der Waals surface area contributed by atoms with Crippen LogP contribution in [0.5, 0.6) is 0 Å². The van der Waals surface area contributed by atoms with Crippen molar-refractivity contribution in [1.29, 1.82) is 0 Å². The molecule has 0 saturated carbocycles. The van der Waals surface area contributed by atoms with Crippen LogP contribution in [0.3, 0.4) is 0 Å². The van der Waals surface area contributed by atoms with E-state index in [4.69, 9.17) is 0 Å². The van der Waals surface area contributed by atoms with Crippen LogP contribution in [0, 0.1) is 6.92 Å². The lowest BCUT2D eigenvalue weighted by Gasteiger charge is -2.04. The summed E-state index contributed by atoms with van der Waals surface area (Å²) in [6.45, 7) is 3.79. The maximum absolute atomic E-state index is 4.54. The van der Waals surface area contributed by atoms with Crippen molar-refractivity contribution in [3.8, 4) is 0 Å². The molecule has 6 heteroatoms. The fourth-order valence-corrected chi connectivity index (χ4v) is 4.14. The van der Waals surface area contributed by atoms with Gasteiger partial charge in [-0.1, -0.05) is 0 Å². The van der Waals surface area contributed by atoms with Crippen LogP contribution < -0.4 is 5.32 Å². The number of aromatic nitrogens is 2. The zero-order chi connectivity index (χ0) is 12.5. The molecular formula is C12H12BrN3S2. The van der Waals surface area contributed by atoms with E-state index < -0.39 is 0 Å². The first-order chi connectivity index (χ1) is 8.75. The van der Waals surface area contributed by atoms with Crippen LogP contribution in [0.2, 0.25) is 0 Å². The number of halogens is 1. The van der Waals surface area contributed by atoms with Crippen LogP contribution in [-0.4, -0.2) is 9.38 Å². The molecule has 0 spiro atoms. The number of rotatable bonds is 4. The molecule has 0 radical (unpaired) electrons. The van der Waals surface area contributed by atoms with Gasteiger partial charge in [-0.05, 0) is 34.3 Å². The van der Waals surface area contributed by atoms with Crippen molar-refractivity contribution in [2.75, 3.05) is 0 Å². The molecule has 3 heterocycles. The number of thiophene rings is 1. The Bertz CT molecular complexity index is 668. The lowest BCUT2D eigenvalue weighted by Crippen LogP contribution is -2.14. The van der Waals surface area contributed by atoms with Crippen molar-refractivity contribution in [2.45, 2.75) is 20.0 Å². The highest BCUT2D eigenvalue weighted by molar-refractivity contribution is 9.10. The molecular weight excluding hydrogens is 330 g/mol. The number of imidazole rings is 1. The van der Waals surface area contributed by atoms with Crippen molar-refractivity contribution in [3.05, 3.63) is 43.8 Å². The van der Waals surface area contributed by atoms with Gasteiger partial charge in [-0.3, -0.25) is 4.40 Å². The third-order valence-electron chi connectivity index (χ3n) is 2.83. The summed E-state index contributed by atoms with van der Waals surface area (Å²) in [6.07, 6.45) is 2.08. The second kappa shape index (κ2) is 5.13. The summed E-state index contributed by atoms with van der Waals surface area (Å²) in [5.74, 6) is 0. The van der Waals surface area contributed by atoms with E-state index in [2.05, 4.69) is 60.6 Å². The Hall–Kier alpha value is -0.690. The SMILES string of the molecule is Cc1nc2sccn2c1CNCc1sccc1Br. The molecule has 0 unspecified atom stereocenters. The predicted molar refractivity (Wildman–Crippen MR) is 80.4 cm³/mol. The van der Waals surface area contributed by atoms with Crippen LogP contribution in [0.15, 0.2) is 27.5 Å². The molecule has 0 aliphatic rings. The minimum Gasteiger partial charge on any atom is -0.306 e. The Balaban J connectivity index is 1.71. The molecule has 3 rings (SSSR count). The Labute approximate surface area is 122 Å². The molecule has 18 heavy (non-hydrogen) atoms. The Morgan fingerprint density at radius 2 is 2.22 bits per heavy atom. The first-order valence-electron chi connectivity index (χ1n) is 5.59. The van der Waals surface area contributed by atoms with Gasteiger partial charge in [0.2, 0.25) is 0 Å². The molecule has 1 N–H and O–H groups in total. The monoisotopic (exact) mass is 341 g/mol. The minimum absolute atomic E-state index is 0.841. The number of hydrogen-bond donors (Lipinski definition) is 1. The number of thiazole rings is 1. The summed E-state index contributed by atoms with van der Waals surface area (Å²) in [6, 6.07) is 2.09. The molecule has 0 amide bonds. The Morgan fingerprint density at radius 3 is 3.00 bits per heavy atom. The second-order valence-corrected chi connectivity index (χ2v) is 6.72. The van der Waals surface area contributed by atoms with Gasteiger partial charge in [-0.2, -0.15) is 0 Å². The molecule has 3 aromatic rings. The average Bonchev–Trinajstić information content (AvgIpc) is 2.99. The van der Waals surface area contributed by atoms with Gasteiger partial charge in [-0.25, -0.2) is 4.98 Å². The first-order valence-corrected chi connectivity index (χ1v) is 8.14. The number of aryl methyl sites for hydroxylation is 1. The smallest absolute Gasteiger partial charge is 0.194 e. The van der Waals surface area contributed by atoms with Crippen molar-refractivity contribution < 1.29 is 0 Å². The van der Waals surface area contributed by atoms with Gasteiger partial charge in [0.1, 0.15) is 0 Å². The third kappa shape index (κ3) is 2.25. The van der Waals surface area contributed by atoms with Crippen LogP contribution in [0.1, 0.15) is 16.3 Å². The summed E-state index contributed by atoms with van der Waals surface area (Å²) in [7, 11) is 0. The number of nitrogens with zero attached hydrogens (tertiary/aromatic N) is 2. The standard InChI is InChI=1S/C12H12BrN3S2/c1-8-10(16-3-5-18-12(16)15-8)6-14-7-11-9(13)2-4-17-11/h2-5,14H,6-7H2,1H3. The van der Waals surface area contributed by atoms with Gasteiger partial charge < -0.3 is 5.32 Å². The largest absolute Gasteiger partial charge is 0.306 e. The van der Waals surface area contributed by atoms with Crippen molar-refractivity contribution in [2.24, 2.45) is 0 Å². The quantitative estimate of drug-likeness (QED) is 0.781. The summed E-state index contributed by atoms with van der Waals surface area (Å²) in [5.41, 5.74) is 2.36. The molecule has 0 bridgehead atoms. The zero-order valence-electron chi connectivity index (χ0n) is 9.81. The Morgan fingerprint density at radius 1 is 1.33 bits per heavy atom. The molecule has 94 valence electrons. The highest BCUT2D eigenvalue weighted by Gasteiger charge is 2.09. The summed E-state index contributed by atoms with van der Waals surface area (Å²) < 4.78 is 3.35. The predicted octanol–water partition coefficient (Wildman–Crippen LogP) is 3.82. The van der Waals surface area contributed by atoms with Crippen molar-refractivity contribution in [1.82, 2.24) is 14.7 Å². The van der Waals surface area contributed by atoms with E-state index >= 15 is 0 Å². The highest BCUT2D eigenvalue weighted by Crippen LogP contribution is 2.22. The lowest BCUT2D eigenvalue weighted by atomic mass is 10.3. The first kappa shape index (κ1) is 12.3. The molecule has 0 fully saturated rings. The molecule has 3 nitrogen and oxygen atoms in total. The molecule has 0 saturated heterocycles. The van der Waals surface area contributed by atoms with E-state index in [-0.39, 0.29) is 0 Å². The van der Waals surface area contributed by atoms with Crippen LogP contribution in [-0.2, 0) is 13.1 Å². The van der Waals surface area contributed by atoms with E-state index in [9.17, 15) is 0 Å². The van der Waals surface area contributed by atoms with E-state index in [1.165, 1.54) is 15.0 Å². The molecule has 0 aromatic carbocycles. The number of nitrogens with one attached hydrogen (secondary N) is 1. The van der Waals surface area contributed by atoms with Crippen LogP contribution in [0.4, 0.5) is 0 Å². The lowest BCUT2D eigenvalue weighted by molar-refractivity contribution is 0.678. The summed E-state index contributed by atoms with van der Waals surface area (Å²) in [4.78, 5) is 6.94. The zero-order valence-corrected chi connectivity index (χ0v) is 13.0. The normalized spacial score (nSPS) is 11.4. The van der Waals surface area contributed by atoms with Gasteiger partial charge in [0.05, 0.1) is 11.4 Å². The maximum atomic E-state index is 4.54. The Kier molecular flexibility index (Phi) is 3.52. The van der Waals surface area contributed by atoms with E-state index in [0.29, 0.717) is 0 Å². The van der Waals surface area contributed by atoms with Gasteiger partial charge in [0, 0.05) is 34.0 Å². The van der Waals surface area contributed by atoms with Crippen LogP contribution >= 0.6 is 38.6 Å². The third-order valence-corrected chi connectivity index (χ3v) is 5.51. The molecule has 0 aliphatic heterocycles.